The Morgan fingerprint density at radius 2 is 1.76 bits per heavy atom. The van der Waals surface area contributed by atoms with Crippen LogP contribution < -0.4 is 11.1 Å². The largest absolute Gasteiger partial charge is 0.368 e. The summed E-state index contributed by atoms with van der Waals surface area (Å²) < 4.78 is 0.959. The van der Waals surface area contributed by atoms with Gasteiger partial charge in [-0.05, 0) is 74.0 Å². The highest BCUT2D eigenvalue weighted by Gasteiger charge is 2.54. The Balaban J connectivity index is 1.49. The van der Waals surface area contributed by atoms with E-state index in [0.717, 1.165) is 29.3 Å². The van der Waals surface area contributed by atoms with Crippen molar-refractivity contribution in [1.29, 1.82) is 0 Å². The fourth-order valence-corrected chi connectivity index (χ4v) is 6.27. The predicted octanol–water partition coefficient (Wildman–Crippen LogP) is 3.18. The molecule has 0 radical (unpaired) electrons. The molecule has 0 spiro atoms. The minimum Gasteiger partial charge on any atom is -0.368 e. The summed E-state index contributed by atoms with van der Waals surface area (Å²) in [5.41, 5.74) is 6.34. The molecule has 1 atom stereocenters. The van der Waals surface area contributed by atoms with Gasteiger partial charge in [0, 0.05) is 16.3 Å². The predicted molar refractivity (Wildman–Crippen MR) is 99.6 cm³/mol. The first-order chi connectivity index (χ1) is 11.9. The maximum absolute atomic E-state index is 13.1. The van der Waals surface area contributed by atoms with Crippen molar-refractivity contribution in [2.24, 2.45) is 28.9 Å². The van der Waals surface area contributed by atoms with Crippen LogP contribution in [-0.4, -0.2) is 17.9 Å². The third kappa shape index (κ3) is 3.35. The molecule has 0 heterocycles. The standard InChI is InChI=1S/C20H25BrN2O2/c21-16-3-1-2-12(7-16)8-17(18(22)24)23-19(25)20-9-13-4-14(10-20)6-15(5-13)11-20/h1-3,7,13-15,17H,4-6,8-11H2,(H2,22,24)(H,23,25)/t13?,14?,15?,17-,20?/m1/s1. The number of primary amides is 1. The first-order valence-corrected chi connectivity index (χ1v) is 10.1. The van der Waals surface area contributed by atoms with Gasteiger partial charge in [-0.3, -0.25) is 9.59 Å². The number of nitrogens with one attached hydrogen (secondary N) is 1. The van der Waals surface area contributed by atoms with E-state index in [0.29, 0.717) is 24.2 Å². The van der Waals surface area contributed by atoms with Gasteiger partial charge >= 0.3 is 0 Å². The van der Waals surface area contributed by atoms with Crippen LogP contribution in [-0.2, 0) is 16.0 Å². The zero-order valence-corrected chi connectivity index (χ0v) is 15.9. The summed E-state index contributed by atoms with van der Waals surface area (Å²) in [5, 5.41) is 3.01. The second-order valence-electron chi connectivity index (χ2n) is 8.46. The number of carbonyl (C=O) groups excluding carboxylic acids is 2. The van der Waals surface area contributed by atoms with Gasteiger partial charge in [0.25, 0.3) is 0 Å². The van der Waals surface area contributed by atoms with Crippen molar-refractivity contribution in [1.82, 2.24) is 5.32 Å². The van der Waals surface area contributed by atoms with Crippen LogP contribution in [0.3, 0.4) is 0 Å². The smallest absolute Gasteiger partial charge is 0.240 e. The third-order valence-corrected chi connectivity index (χ3v) is 6.99. The Bertz CT molecular complexity index is 667. The van der Waals surface area contributed by atoms with Crippen molar-refractivity contribution in [2.45, 2.75) is 51.0 Å². The minimum atomic E-state index is -0.644. The number of benzene rings is 1. The average molecular weight is 405 g/mol. The SMILES string of the molecule is NC(=O)[C@@H](Cc1cccc(Br)c1)NC(=O)C12CC3CC(CC(C3)C1)C2. The summed E-state index contributed by atoms with van der Waals surface area (Å²) in [6.07, 6.45) is 7.30. The van der Waals surface area contributed by atoms with Crippen LogP contribution in [0.15, 0.2) is 28.7 Å². The molecule has 3 N–H and O–H groups in total. The maximum Gasteiger partial charge on any atom is 0.240 e. The van der Waals surface area contributed by atoms with Gasteiger partial charge in [-0.25, -0.2) is 0 Å². The molecule has 4 bridgehead atoms. The molecule has 4 aliphatic carbocycles. The van der Waals surface area contributed by atoms with Gasteiger partial charge in [0.15, 0.2) is 0 Å². The Kier molecular flexibility index (Phi) is 4.38. The molecular formula is C20H25BrN2O2. The number of hydrogen-bond donors (Lipinski definition) is 2. The molecule has 0 unspecified atom stereocenters. The lowest BCUT2D eigenvalue weighted by molar-refractivity contribution is -0.148. The summed E-state index contributed by atoms with van der Waals surface area (Å²) in [6, 6.07) is 7.15. The first kappa shape index (κ1) is 17.1. The zero-order valence-electron chi connectivity index (χ0n) is 14.3. The Morgan fingerprint density at radius 1 is 1.16 bits per heavy atom. The molecule has 4 fully saturated rings. The second kappa shape index (κ2) is 6.42. The topological polar surface area (TPSA) is 72.2 Å². The highest BCUT2D eigenvalue weighted by atomic mass is 79.9. The lowest BCUT2D eigenvalue weighted by Gasteiger charge is -2.55. The monoisotopic (exact) mass is 404 g/mol. The summed E-state index contributed by atoms with van der Waals surface area (Å²) in [5.74, 6) is 1.71. The number of nitrogens with two attached hydrogens (primary N) is 1. The van der Waals surface area contributed by atoms with Gasteiger partial charge in [-0.1, -0.05) is 28.1 Å². The number of amides is 2. The summed E-state index contributed by atoms with van der Waals surface area (Å²) in [4.78, 5) is 25.1. The highest BCUT2D eigenvalue weighted by molar-refractivity contribution is 9.10. The van der Waals surface area contributed by atoms with Crippen LogP contribution in [0.5, 0.6) is 0 Å². The average Bonchev–Trinajstić information content (AvgIpc) is 2.52. The van der Waals surface area contributed by atoms with E-state index >= 15 is 0 Å². The molecular weight excluding hydrogens is 380 g/mol. The molecule has 0 aliphatic heterocycles. The Labute approximate surface area is 157 Å². The quantitative estimate of drug-likeness (QED) is 0.790. The molecule has 0 aromatic heterocycles. The minimum absolute atomic E-state index is 0.0606. The summed E-state index contributed by atoms with van der Waals surface area (Å²) in [7, 11) is 0. The van der Waals surface area contributed by atoms with Crippen LogP contribution >= 0.6 is 15.9 Å². The van der Waals surface area contributed by atoms with Crippen LogP contribution in [0.25, 0.3) is 0 Å². The third-order valence-electron chi connectivity index (χ3n) is 6.50. The molecule has 2 amide bonds. The fourth-order valence-electron chi connectivity index (χ4n) is 5.82. The molecule has 134 valence electrons. The van der Waals surface area contributed by atoms with Crippen LogP contribution in [0, 0.1) is 23.2 Å². The molecule has 4 aliphatic rings. The van der Waals surface area contributed by atoms with Crippen molar-refractivity contribution in [3.8, 4) is 0 Å². The van der Waals surface area contributed by atoms with E-state index in [2.05, 4.69) is 21.2 Å². The van der Waals surface area contributed by atoms with Gasteiger partial charge < -0.3 is 11.1 Å². The molecule has 25 heavy (non-hydrogen) atoms. The molecule has 5 rings (SSSR count). The van der Waals surface area contributed by atoms with Crippen molar-refractivity contribution < 1.29 is 9.59 Å². The maximum atomic E-state index is 13.1. The summed E-state index contributed by atoms with van der Waals surface area (Å²) in [6.45, 7) is 0. The lowest BCUT2D eigenvalue weighted by Crippen LogP contribution is -2.57. The molecule has 1 aromatic carbocycles. The van der Waals surface area contributed by atoms with Gasteiger partial charge in [-0.2, -0.15) is 0 Å². The molecule has 4 saturated carbocycles. The second-order valence-corrected chi connectivity index (χ2v) is 9.38. The first-order valence-electron chi connectivity index (χ1n) is 9.28. The number of halogens is 1. The van der Waals surface area contributed by atoms with Crippen LogP contribution in [0.4, 0.5) is 0 Å². The number of rotatable bonds is 5. The Hall–Kier alpha value is -1.36. The molecule has 0 saturated heterocycles. The van der Waals surface area contributed by atoms with E-state index in [4.69, 9.17) is 5.73 Å². The van der Waals surface area contributed by atoms with Crippen molar-refractivity contribution in [3.05, 3.63) is 34.3 Å². The van der Waals surface area contributed by atoms with E-state index in [-0.39, 0.29) is 11.3 Å². The van der Waals surface area contributed by atoms with E-state index < -0.39 is 11.9 Å². The van der Waals surface area contributed by atoms with Gasteiger partial charge in [0.05, 0.1) is 0 Å². The van der Waals surface area contributed by atoms with Crippen LogP contribution in [0.1, 0.15) is 44.1 Å². The van der Waals surface area contributed by atoms with Gasteiger partial charge in [0.2, 0.25) is 11.8 Å². The van der Waals surface area contributed by atoms with E-state index in [1.807, 2.05) is 24.3 Å². The highest BCUT2D eigenvalue weighted by Crippen LogP contribution is 2.60. The Morgan fingerprint density at radius 3 is 2.28 bits per heavy atom. The summed E-state index contributed by atoms with van der Waals surface area (Å²) >= 11 is 3.44. The lowest BCUT2D eigenvalue weighted by atomic mass is 9.49. The number of carbonyl (C=O) groups is 2. The van der Waals surface area contributed by atoms with Gasteiger partial charge in [0.1, 0.15) is 6.04 Å². The zero-order chi connectivity index (χ0) is 17.6. The van der Waals surface area contributed by atoms with E-state index in [1.165, 1.54) is 19.3 Å². The van der Waals surface area contributed by atoms with E-state index in [1.54, 1.807) is 0 Å². The normalized spacial score (nSPS) is 33.9. The number of hydrogen-bond acceptors (Lipinski definition) is 2. The van der Waals surface area contributed by atoms with Crippen molar-refractivity contribution in [3.63, 3.8) is 0 Å². The van der Waals surface area contributed by atoms with E-state index in [9.17, 15) is 9.59 Å². The fraction of sp³-hybridized carbons (Fsp3) is 0.600. The van der Waals surface area contributed by atoms with Crippen LogP contribution in [0.2, 0.25) is 0 Å². The van der Waals surface area contributed by atoms with Crippen molar-refractivity contribution in [2.75, 3.05) is 0 Å². The molecule has 5 heteroatoms. The molecule has 1 aromatic rings. The molecule has 4 nitrogen and oxygen atoms in total. The van der Waals surface area contributed by atoms with Crippen molar-refractivity contribution >= 4 is 27.7 Å². The van der Waals surface area contributed by atoms with Gasteiger partial charge in [-0.15, -0.1) is 0 Å².